The Hall–Kier alpha value is -2.08. The van der Waals surface area contributed by atoms with Crippen molar-refractivity contribution in [2.24, 2.45) is 0 Å². The van der Waals surface area contributed by atoms with Gasteiger partial charge in [-0.05, 0) is 57.0 Å². The van der Waals surface area contributed by atoms with Crippen molar-refractivity contribution in [1.82, 2.24) is 0 Å². The van der Waals surface area contributed by atoms with Gasteiger partial charge in [0.25, 0.3) is 0 Å². The van der Waals surface area contributed by atoms with Crippen LogP contribution in [-0.4, -0.2) is 0 Å². The van der Waals surface area contributed by atoms with Crippen molar-refractivity contribution in [3.05, 3.63) is 58.0 Å². The van der Waals surface area contributed by atoms with Gasteiger partial charge in [0.1, 0.15) is 0 Å². The molecule has 0 heterocycles. The Bertz CT molecular complexity index is 885. The van der Waals surface area contributed by atoms with Gasteiger partial charge in [0.2, 0.25) is 0 Å². The first-order valence-electron chi connectivity index (χ1n) is 7.61. The number of hydrogen-bond acceptors (Lipinski definition) is 0. The molecule has 0 aromatic heterocycles. The molecule has 0 unspecified atom stereocenters. The van der Waals surface area contributed by atoms with Crippen LogP contribution < -0.4 is 10.4 Å². The summed E-state index contributed by atoms with van der Waals surface area (Å²) in [4.78, 5) is 0. The highest BCUT2D eigenvalue weighted by Crippen LogP contribution is 2.23. The largest absolute Gasteiger partial charge is 0.0911 e. The topological polar surface area (TPSA) is 0 Å². The van der Waals surface area contributed by atoms with Crippen LogP contribution in [0.25, 0.3) is 34.7 Å². The molecular formula is C21H24. The summed E-state index contributed by atoms with van der Waals surface area (Å²) >= 11 is 0. The molecule has 0 saturated heterocycles. The van der Waals surface area contributed by atoms with Crippen LogP contribution in [-0.2, 0) is 0 Å². The summed E-state index contributed by atoms with van der Waals surface area (Å²) in [5.41, 5.74) is 2.58. The second-order valence-electron chi connectivity index (χ2n) is 5.65. The lowest BCUT2D eigenvalue weighted by atomic mass is 9.92. The average Bonchev–Trinajstić information content (AvgIpc) is 2.48. The van der Waals surface area contributed by atoms with Gasteiger partial charge in [-0.1, -0.05) is 69.8 Å². The molecule has 0 saturated carbocycles. The van der Waals surface area contributed by atoms with Crippen molar-refractivity contribution < 1.29 is 0 Å². The Balaban J connectivity index is 0.000000497. The van der Waals surface area contributed by atoms with Gasteiger partial charge in [-0.2, -0.15) is 0 Å². The number of hydrogen-bond donors (Lipinski definition) is 0. The van der Waals surface area contributed by atoms with Gasteiger partial charge in [-0.15, -0.1) is 0 Å². The van der Waals surface area contributed by atoms with E-state index >= 15 is 0 Å². The molecule has 3 aromatic carbocycles. The van der Waals surface area contributed by atoms with E-state index in [1.54, 1.807) is 0 Å². The molecule has 0 fully saturated rings. The molecule has 0 amide bonds. The molecular weight excluding hydrogens is 252 g/mol. The van der Waals surface area contributed by atoms with E-state index in [9.17, 15) is 0 Å². The minimum absolute atomic E-state index is 1.09. The summed E-state index contributed by atoms with van der Waals surface area (Å²) in [6.45, 7) is 17.0. The quantitative estimate of drug-likeness (QED) is 0.515. The summed E-state index contributed by atoms with van der Waals surface area (Å²) in [6, 6.07) is 12.7. The van der Waals surface area contributed by atoms with Crippen LogP contribution in [0, 0.1) is 13.8 Å². The first-order chi connectivity index (χ1) is 10.0. The lowest BCUT2D eigenvalue weighted by molar-refractivity contribution is 1.09. The van der Waals surface area contributed by atoms with Gasteiger partial charge in [0.05, 0.1) is 0 Å². The lowest BCUT2D eigenvalue weighted by Gasteiger charge is -2.11. The molecule has 0 atom stereocenters. The number of fused-ring (bicyclic) bond motifs is 2. The van der Waals surface area contributed by atoms with Gasteiger partial charge < -0.3 is 0 Å². The third-order valence-corrected chi connectivity index (χ3v) is 3.83. The monoisotopic (exact) mass is 276 g/mol. The highest BCUT2D eigenvalue weighted by molar-refractivity contribution is 6.03. The van der Waals surface area contributed by atoms with E-state index in [1.165, 1.54) is 39.1 Å². The summed E-state index contributed by atoms with van der Waals surface area (Å²) < 4.78 is 0. The zero-order valence-corrected chi connectivity index (χ0v) is 13.6. The first kappa shape index (κ1) is 15.3. The van der Waals surface area contributed by atoms with Crippen molar-refractivity contribution in [1.29, 1.82) is 0 Å². The smallest absolute Gasteiger partial charge is 0.00732 e. The third-order valence-electron chi connectivity index (χ3n) is 3.83. The molecule has 0 spiro atoms. The fraction of sp³-hybridized carbons (Fsp3) is 0.238. The van der Waals surface area contributed by atoms with Gasteiger partial charge in [-0.3, -0.25) is 0 Å². The number of rotatable bonds is 0. The summed E-state index contributed by atoms with van der Waals surface area (Å²) in [5.74, 6) is 0. The Morgan fingerprint density at radius 3 is 2.00 bits per heavy atom. The van der Waals surface area contributed by atoms with Crippen LogP contribution in [0.2, 0.25) is 0 Å². The predicted molar refractivity (Wildman–Crippen MR) is 97.2 cm³/mol. The Morgan fingerprint density at radius 2 is 1.38 bits per heavy atom. The van der Waals surface area contributed by atoms with Gasteiger partial charge in [0.15, 0.2) is 0 Å². The molecule has 0 bridgehead atoms. The molecule has 0 heteroatoms. The number of aryl methyl sites for hydroxylation is 2. The maximum Gasteiger partial charge on any atom is -0.00732 e. The van der Waals surface area contributed by atoms with E-state index in [0.29, 0.717) is 0 Å². The highest BCUT2D eigenvalue weighted by Gasteiger charge is 2.08. The molecule has 21 heavy (non-hydrogen) atoms. The molecule has 0 aliphatic heterocycles. The summed E-state index contributed by atoms with van der Waals surface area (Å²) in [6.07, 6.45) is 1.25. The zero-order valence-electron chi connectivity index (χ0n) is 13.6. The van der Waals surface area contributed by atoms with Gasteiger partial charge >= 0.3 is 0 Å². The van der Waals surface area contributed by atoms with Crippen molar-refractivity contribution in [2.45, 2.75) is 34.1 Å². The molecule has 0 aliphatic carbocycles. The maximum atomic E-state index is 4.29. The van der Waals surface area contributed by atoms with Crippen molar-refractivity contribution in [2.75, 3.05) is 0 Å². The van der Waals surface area contributed by atoms with Crippen LogP contribution in [0.3, 0.4) is 0 Å². The van der Waals surface area contributed by atoms with Crippen LogP contribution in [0.1, 0.15) is 31.4 Å². The van der Waals surface area contributed by atoms with E-state index in [1.807, 2.05) is 0 Å². The van der Waals surface area contributed by atoms with E-state index in [2.05, 4.69) is 77.3 Å². The first-order valence-corrected chi connectivity index (χ1v) is 7.61. The molecule has 0 N–H and O–H groups in total. The van der Waals surface area contributed by atoms with Crippen LogP contribution in [0.5, 0.6) is 0 Å². The van der Waals surface area contributed by atoms with Crippen LogP contribution in [0.15, 0.2) is 36.4 Å². The van der Waals surface area contributed by atoms with Gasteiger partial charge in [0, 0.05) is 0 Å². The maximum absolute atomic E-state index is 4.29. The molecule has 3 aromatic rings. The summed E-state index contributed by atoms with van der Waals surface area (Å²) in [5, 5.41) is 7.26. The molecule has 108 valence electrons. The molecule has 0 aliphatic rings. The fourth-order valence-electron chi connectivity index (χ4n) is 2.91. The van der Waals surface area contributed by atoms with Crippen LogP contribution >= 0.6 is 0 Å². The Morgan fingerprint density at radius 1 is 0.810 bits per heavy atom. The second kappa shape index (κ2) is 6.13. The summed E-state index contributed by atoms with van der Waals surface area (Å²) in [7, 11) is 0. The van der Waals surface area contributed by atoms with Crippen LogP contribution in [0.4, 0.5) is 0 Å². The SMILES string of the molecule is C=c1ccc(C)c2c(=C)c3ccccc3c(C)c12.CCC. The number of benzene rings is 3. The van der Waals surface area contributed by atoms with Crippen molar-refractivity contribution in [3.63, 3.8) is 0 Å². The Kier molecular flexibility index (Phi) is 4.47. The normalized spacial score (nSPS) is 10.5. The van der Waals surface area contributed by atoms with Gasteiger partial charge in [-0.25, -0.2) is 0 Å². The second-order valence-corrected chi connectivity index (χ2v) is 5.65. The third kappa shape index (κ3) is 2.58. The fourth-order valence-corrected chi connectivity index (χ4v) is 2.91. The predicted octanol–water partition coefficient (Wildman–Crippen LogP) is 4.85. The molecule has 0 radical (unpaired) electrons. The van der Waals surface area contributed by atoms with E-state index in [-0.39, 0.29) is 0 Å². The lowest BCUT2D eigenvalue weighted by Crippen LogP contribution is -2.11. The van der Waals surface area contributed by atoms with Crippen molar-refractivity contribution in [3.8, 4) is 0 Å². The standard InChI is InChI=1S/C18H16.C3H8/c1-11-9-10-12(2)18-14(4)16-8-6-5-7-15(16)13(3)17(11)18;1-3-2/h5-10H,1,4H2,2-3H3;3H2,1-2H3. The minimum Gasteiger partial charge on any atom is -0.0911 e. The van der Waals surface area contributed by atoms with Crippen molar-refractivity contribution >= 4 is 34.7 Å². The average molecular weight is 276 g/mol. The van der Waals surface area contributed by atoms with E-state index < -0.39 is 0 Å². The zero-order chi connectivity index (χ0) is 15.6. The minimum atomic E-state index is 1.09. The van der Waals surface area contributed by atoms with E-state index in [4.69, 9.17) is 0 Å². The molecule has 0 nitrogen and oxygen atoms in total. The molecule has 3 rings (SSSR count). The Labute approximate surface area is 127 Å². The highest BCUT2D eigenvalue weighted by atomic mass is 14.1. The van der Waals surface area contributed by atoms with E-state index in [0.717, 1.165) is 10.4 Å².